The molecule has 1 aromatic carbocycles. The molecule has 0 aliphatic carbocycles. The van der Waals surface area contributed by atoms with Crippen LogP contribution in [-0.4, -0.2) is 19.2 Å². The number of pyridine rings is 1. The van der Waals surface area contributed by atoms with Gasteiger partial charge in [-0.2, -0.15) is 0 Å². The highest BCUT2D eigenvalue weighted by Crippen LogP contribution is 2.21. The Balaban J connectivity index is 2.04. The van der Waals surface area contributed by atoms with E-state index in [2.05, 4.69) is 17.2 Å². The third-order valence-corrected chi connectivity index (χ3v) is 2.95. The molecule has 1 aromatic heterocycles. The Kier molecular flexibility index (Phi) is 4.23. The number of methoxy groups -OCH3 is 2. The van der Waals surface area contributed by atoms with Crippen molar-refractivity contribution in [3.8, 4) is 11.5 Å². The van der Waals surface area contributed by atoms with Crippen LogP contribution < -0.4 is 14.8 Å². The summed E-state index contributed by atoms with van der Waals surface area (Å²) in [6.45, 7) is 2.09. The Labute approximate surface area is 113 Å². The van der Waals surface area contributed by atoms with Crippen LogP contribution in [0.4, 0.5) is 5.82 Å². The van der Waals surface area contributed by atoms with Crippen molar-refractivity contribution in [1.29, 1.82) is 0 Å². The van der Waals surface area contributed by atoms with E-state index in [1.54, 1.807) is 20.4 Å². The lowest BCUT2D eigenvalue weighted by Gasteiger charge is -2.15. The van der Waals surface area contributed by atoms with Gasteiger partial charge in [-0.25, -0.2) is 4.98 Å². The van der Waals surface area contributed by atoms with Gasteiger partial charge in [0, 0.05) is 6.04 Å². The van der Waals surface area contributed by atoms with Crippen LogP contribution in [-0.2, 0) is 0 Å². The van der Waals surface area contributed by atoms with E-state index in [1.165, 1.54) is 5.56 Å². The van der Waals surface area contributed by atoms with Gasteiger partial charge >= 0.3 is 0 Å². The molecule has 0 saturated carbocycles. The minimum Gasteiger partial charge on any atom is -0.497 e. The van der Waals surface area contributed by atoms with Gasteiger partial charge in [0.05, 0.1) is 20.4 Å². The smallest absolute Gasteiger partial charge is 0.137 e. The maximum atomic E-state index is 5.15. The van der Waals surface area contributed by atoms with Gasteiger partial charge in [-0.1, -0.05) is 12.1 Å². The molecule has 100 valence electrons. The summed E-state index contributed by atoms with van der Waals surface area (Å²) < 4.78 is 10.2. The van der Waals surface area contributed by atoms with Gasteiger partial charge in [0.2, 0.25) is 0 Å². The predicted molar refractivity (Wildman–Crippen MR) is 75.8 cm³/mol. The first-order valence-electron chi connectivity index (χ1n) is 6.13. The molecule has 0 radical (unpaired) electrons. The molecule has 1 heterocycles. The highest BCUT2D eigenvalue weighted by atomic mass is 16.5. The standard InChI is InChI=1S/C15H18N2O2/c1-11(12-4-6-13(18-2)7-5-12)17-15-9-8-14(19-3)10-16-15/h4-11H,1-3H3,(H,16,17). The van der Waals surface area contributed by atoms with Crippen molar-refractivity contribution in [2.45, 2.75) is 13.0 Å². The largest absolute Gasteiger partial charge is 0.497 e. The van der Waals surface area contributed by atoms with Gasteiger partial charge < -0.3 is 14.8 Å². The molecule has 0 spiro atoms. The molecule has 2 aromatic rings. The summed E-state index contributed by atoms with van der Waals surface area (Å²) >= 11 is 0. The number of benzene rings is 1. The van der Waals surface area contributed by atoms with Gasteiger partial charge in [-0.3, -0.25) is 0 Å². The lowest BCUT2D eigenvalue weighted by atomic mass is 10.1. The average Bonchev–Trinajstić information content (AvgIpc) is 2.48. The predicted octanol–water partition coefficient (Wildman–Crippen LogP) is 3.27. The van der Waals surface area contributed by atoms with Crippen molar-refractivity contribution in [2.24, 2.45) is 0 Å². The quantitative estimate of drug-likeness (QED) is 0.893. The molecule has 0 saturated heterocycles. The van der Waals surface area contributed by atoms with E-state index in [0.717, 1.165) is 17.3 Å². The molecule has 1 N–H and O–H groups in total. The summed E-state index contributed by atoms with van der Waals surface area (Å²) in [4.78, 5) is 4.29. The first kappa shape index (κ1) is 13.2. The summed E-state index contributed by atoms with van der Waals surface area (Å²) in [5, 5.41) is 3.34. The molecule has 2 rings (SSSR count). The van der Waals surface area contributed by atoms with Crippen LogP contribution in [0.2, 0.25) is 0 Å². The molecule has 0 fully saturated rings. The number of aromatic nitrogens is 1. The van der Waals surface area contributed by atoms with Crippen LogP contribution in [0.3, 0.4) is 0 Å². The Morgan fingerprint density at radius 3 is 2.11 bits per heavy atom. The molecule has 19 heavy (non-hydrogen) atoms. The molecular formula is C15H18N2O2. The number of hydrogen-bond acceptors (Lipinski definition) is 4. The van der Waals surface area contributed by atoms with Crippen molar-refractivity contribution >= 4 is 5.82 Å². The van der Waals surface area contributed by atoms with Crippen molar-refractivity contribution in [3.63, 3.8) is 0 Å². The topological polar surface area (TPSA) is 43.4 Å². The molecule has 4 heteroatoms. The third-order valence-electron chi connectivity index (χ3n) is 2.95. The average molecular weight is 258 g/mol. The second-order valence-electron chi connectivity index (χ2n) is 4.22. The number of rotatable bonds is 5. The summed E-state index contributed by atoms with van der Waals surface area (Å²) in [5.41, 5.74) is 1.18. The second kappa shape index (κ2) is 6.09. The zero-order valence-corrected chi connectivity index (χ0v) is 11.4. The van der Waals surface area contributed by atoms with Crippen molar-refractivity contribution in [2.75, 3.05) is 19.5 Å². The van der Waals surface area contributed by atoms with E-state index in [1.807, 2.05) is 36.4 Å². The highest BCUT2D eigenvalue weighted by molar-refractivity contribution is 5.41. The van der Waals surface area contributed by atoms with Crippen LogP contribution in [0.1, 0.15) is 18.5 Å². The normalized spacial score (nSPS) is 11.7. The van der Waals surface area contributed by atoms with E-state index in [0.29, 0.717) is 0 Å². The fourth-order valence-corrected chi connectivity index (χ4v) is 1.78. The highest BCUT2D eigenvalue weighted by Gasteiger charge is 2.06. The van der Waals surface area contributed by atoms with Crippen LogP contribution in [0.15, 0.2) is 42.6 Å². The number of anilines is 1. The van der Waals surface area contributed by atoms with Gasteiger partial charge in [0.1, 0.15) is 17.3 Å². The van der Waals surface area contributed by atoms with E-state index in [9.17, 15) is 0 Å². The number of nitrogens with one attached hydrogen (secondary N) is 1. The molecule has 0 aliphatic heterocycles. The lowest BCUT2D eigenvalue weighted by Crippen LogP contribution is -2.07. The minimum atomic E-state index is 0.173. The van der Waals surface area contributed by atoms with Crippen molar-refractivity contribution in [1.82, 2.24) is 4.98 Å². The molecule has 4 nitrogen and oxygen atoms in total. The fourth-order valence-electron chi connectivity index (χ4n) is 1.78. The van der Waals surface area contributed by atoms with Gasteiger partial charge in [-0.15, -0.1) is 0 Å². The first-order valence-corrected chi connectivity index (χ1v) is 6.13. The molecule has 0 bridgehead atoms. The maximum absolute atomic E-state index is 5.15. The Hall–Kier alpha value is -2.23. The number of hydrogen-bond donors (Lipinski definition) is 1. The van der Waals surface area contributed by atoms with E-state index in [-0.39, 0.29) is 6.04 Å². The first-order chi connectivity index (χ1) is 9.22. The van der Waals surface area contributed by atoms with Gasteiger partial charge in [-0.05, 0) is 36.8 Å². The lowest BCUT2D eigenvalue weighted by molar-refractivity contribution is 0.413. The number of ether oxygens (including phenoxy) is 2. The second-order valence-corrected chi connectivity index (χ2v) is 4.22. The molecule has 0 amide bonds. The van der Waals surface area contributed by atoms with Crippen LogP contribution in [0.5, 0.6) is 11.5 Å². The molecule has 1 unspecified atom stereocenters. The van der Waals surface area contributed by atoms with Crippen molar-refractivity contribution in [3.05, 3.63) is 48.2 Å². The van der Waals surface area contributed by atoms with E-state index < -0.39 is 0 Å². The SMILES string of the molecule is COc1ccc(C(C)Nc2ccc(OC)cn2)cc1. The zero-order valence-electron chi connectivity index (χ0n) is 11.4. The maximum Gasteiger partial charge on any atom is 0.137 e. The summed E-state index contributed by atoms with van der Waals surface area (Å²) in [6.07, 6.45) is 1.70. The van der Waals surface area contributed by atoms with Crippen LogP contribution in [0.25, 0.3) is 0 Å². The zero-order chi connectivity index (χ0) is 13.7. The van der Waals surface area contributed by atoms with Gasteiger partial charge in [0.15, 0.2) is 0 Å². The summed E-state index contributed by atoms with van der Waals surface area (Å²) in [7, 11) is 3.29. The summed E-state index contributed by atoms with van der Waals surface area (Å²) in [5.74, 6) is 2.44. The third kappa shape index (κ3) is 3.37. The molecule has 0 aliphatic rings. The summed E-state index contributed by atoms with van der Waals surface area (Å²) in [6, 6.07) is 11.9. The van der Waals surface area contributed by atoms with Crippen molar-refractivity contribution < 1.29 is 9.47 Å². The van der Waals surface area contributed by atoms with E-state index in [4.69, 9.17) is 9.47 Å². The molecule has 1 atom stereocenters. The van der Waals surface area contributed by atoms with Crippen LogP contribution >= 0.6 is 0 Å². The number of nitrogens with zero attached hydrogens (tertiary/aromatic N) is 1. The fraction of sp³-hybridized carbons (Fsp3) is 0.267. The Bertz CT molecular complexity index is 509. The monoisotopic (exact) mass is 258 g/mol. The Morgan fingerprint density at radius 1 is 0.947 bits per heavy atom. The van der Waals surface area contributed by atoms with E-state index >= 15 is 0 Å². The van der Waals surface area contributed by atoms with Crippen LogP contribution in [0, 0.1) is 0 Å². The minimum absolute atomic E-state index is 0.173. The van der Waals surface area contributed by atoms with Gasteiger partial charge in [0.25, 0.3) is 0 Å². The Morgan fingerprint density at radius 2 is 1.58 bits per heavy atom. The molecular weight excluding hydrogens is 240 g/mol.